The van der Waals surface area contributed by atoms with Gasteiger partial charge in [0.15, 0.2) is 0 Å². The molecule has 0 atom stereocenters. The topological polar surface area (TPSA) is 78.4 Å². The molecule has 0 aliphatic heterocycles. The minimum Gasteiger partial charge on any atom is -0.396 e. The second-order valence-corrected chi connectivity index (χ2v) is 6.97. The molecule has 1 aromatic carbocycles. The van der Waals surface area contributed by atoms with Gasteiger partial charge < -0.3 is 15.7 Å². The van der Waals surface area contributed by atoms with Crippen LogP contribution in [0.15, 0.2) is 18.2 Å². The molecule has 3 N–H and O–H groups in total. The van der Waals surface area contributed by atoms with Crippen molar-refractivity contribution >= 4 is 17.5 Å². The fourth-order valence-electron chi connectivity index (χ4n) is 2.77. The lowest BCUT2D eigenvalue weighted by Gasteiger charge is -2.21. The van der Waals surface area contributed by atoms with E-state index in [2.05, 4.69) is 10.6 Å². The summed E-state index contributed by atoms with van der Waals surface area (Å²) in [5.74, 6) is -1.25. The van der Waals surface area contributed by atoms with Crippen LogP contribution in [0.4, 0.5) is 5.69 Å². The fraction of sp³-hybridized carbons (Fsp3) is 0.556. The molecule has 1 aromatic rings. The third kappa shape index (κ3) is 5.06. The summed E-state index contributed by atoms with van der Waals surface area (Å²) in [6.07, 6.45) is 4.79. The Bertz CT molecular complexity index is 582. The summed E-state index contributed by atoms with van der Waals surface area (Å²) in [4.78, 5) is 23.7. The number of carbonyl (C=O) groups is 2. The molecule has 5 nitrogen and oxygen atoms in total. The smallest absolute Gasteiger partial charge is 0.313 e. The molecular formula is C18H26N2O3. The van der Waals surface area contributed by atoms with Gasteiger partial charge in [0, 0.05) is 18.8 Å². The molecule has 0 saturated heterocycles. The van der Waals surface area contributed by atoms with Gasteiger partial charge in [0.1, 0.15) is 0 Å². The first-order valence-electron chi connectivity index (χ1n) is 8.23. The highest BCUT2D eigenvalue weighted by molar-refractivity contribution is 6.39. The van der Waals surface area contributed by atoms with Crippen LogP contribution in [0.1, 0.15) is 44.2 Å². The molecule has 1 aliphatic rings. The number of hydrogen-bond acceptors (Lipinski definition) is 3. The van der Waals surface area contributed by atoms with Gasteiger partial charge in [-0.3, -0.25) is 9.59 Å². The van der Waals surface area contributed by atoms with Gasteiger partial charge in [-0.25, -0.2) is 0 Å². The molecule has 23 heavy (non-hydrogen) atoms. The van der Waals surface area contributed by atoms with Crippen molar-refractivity contribution in [3.63, 3.8) is 0 Å². The Morgan fingerprint density at radius 2 is 1.91 bits per heavy atom. The summed E-state index contributed by atoms with van der Waals surface area (Å²) in [7, 11) is 0. The number of carbonyl (C=O) groups excluding carboxylic acids is 2. The Balaban J connectivity index is 1.76. The Morgan fingerprint density at radius 3 is 2.65 bits per heavy atom. The van der Waals surface area contributed by atoms with Crippen LogP contribution >= 0.6 is 0 Å². The van der Waals surface area contributed by atoms with Gasteiger partial charge >= 0.3 is 11.8 Å². The van der Waals surface area contributed by atoms with E-state index >= 15 is 0 Å². The van der Waals surface area contributed by atoms with E-state index < -0.39 is 11.8 Å². The van der Waals surface area contributed by atoms with E-state index in [-0.39, 0.29) is 12.0 Å². The van der Waals surface area contributed by atoms with Gasteiger partial charge in [-0.1, -0.05) is 19.9 Å². The zero-order valence-electron chi connectivity index (χ0n) is 13.9. The van der Waals surface area contributed by atoms with Crippen LogP contribution in [0.25, 0.3) is 0 Å². The van der Waals surface area contributed by atoms with Crippen LogP contribution in [0.3, 0.4) is 0 Å². The zero-order chi connectivity index (χ0) is 16.9. The van der Waals surface area contributed by atoms with Crippen molar-refractivity contribution in [3.05, 3.63) is 29.3 Å². The van der Waals surface area contributed by atoms with E-state index in [4.69, 9.17) is 0 Å². The molecule has 1 aliphatic carbocycles. The van der Waals surface area contributed by atoms with Crippen molar-refractivity contribution < 1.29 is 14.7 Å². The zero-order valence-corrected chi connectivity index (χ0v) is 13.9. The summed E-state index contributed by atoms with van der Waals surface area (Å²) in [6, 6.07) is 5.82. The number of aliphatic hydroxyl groups is 1. The van der Waals surface area contributed by atoms with Crippen molar-refractivity contribution in [2.45, 2.75) is 46.0 Å². The van der Waals surface area contributed by atoms with Gasteiger partial charge in [0.05, 0.1) is 0 Å². The molecule has 5 heteroatoms. The lowest BCUT2D eigenvalue weighted by Crippen LogP contribution is -2.36. The minimum atomic E-state index is -0.635. The van der Waals surface area contributed by atoms with Crippen LogP contribution in [0, 0.1) is 5.41 Å². The first-order chi connectivity index (χ1) is 10.9. The fourth-order valence-corrected chi connectivity index (χ4v) is 2.77. The largest absolute Gasteiger partial charge is 0.396 e. The predicted octanol–water partition coefficient (Wildman–Crippen LogP) is 2.03. The van der Waals surface area contributed by atoms with Gasteiger partial charge in [-0.2, -0.15) is 0 Å². The van der Waals surface area contributed by atoms with E-state index in [0.29, 0.717) is 12.2 Å². The van der Waals surface area contributed by atoms with Crippen molar-refractivity contribution in [1.82, 2.24) is 5.32 Å². The molecule has 2 rings (SSSR count). The van der Waals surface area contributed by atoms with Crippen molar-refractivity contribution in [2.75, 3.05) is 18.5 Å². The van der Waals surface area contributed by atoms with E-state index in [9.17, 15) is 14.7 Å². The first kappa shape index (κ1) is 17.5. The number of aryl methyl sites for hydroxylation is 2. The SMILES string of the molecule is CC(C)(CO)CCCNC(=O)C(=O)Nc1ccc2c(c1)CCC2. The molecule has 0 fully saturated rings. The molecular weight excluding hydrogens is 292 g/mol. The van der Waals surface area contributed by atoms with Gasteiger partial charge in [0.2, 0.25) is 0 Å². The van der Waals surface area contributed by atoms with Crippen molar-refractivity contribution in [3.8, 4) is 0 Å². The Hall–Kier alpha value is -1.88. The standard InChI is InChI=1S/C18H26N2O3/c1-18(2,12-21)9-4-10-19-16(22)17(23)20-15-8-7-13-5-3-6-14(13)11-15/h7-8,11,21H,3-6,9-10,12H2,1-2H3,(H,19,22)(H,20,23). The van der Waals surface area contributed by atoms with Gasteiger partial charge in [-0.05, 0) is 60.8 Å². The maximum Gasteiger partial charge on any atom is 0.313 e. The van der Waals surface area contributed by atoms with Crippen LogP contribution in [0.5, 0.6) is 0 Å². The van der Waals surface area contributed by atoms with Gasteiger partial charge in [0.25, 0.3) is 0 Å². The Morgan fingerprint density at radius 1 is 1.17 bits per heavy atom. The molecule has 0 aromatic heterocycles. The lowest BCUT2D eigenvalue weighted by molar-refractivity contribution is -0.136. The van der Waals surface area contributed by atoms with E-state index in [1.54, 1.807) is 0 Å². The Labute approximate surface area is 137 Å². The second kappa shape index (κ2) is 7.59. The molecule has 126 valence electrons. The van der Waals surface area contributed by atoms with E-state index in [1.165, 1.54) is 11.1 Å². The maximum atomic E-state index is 11.9. The van der Waals surface area contributed by atoms with Crippen LogP contribution in [-0.2, 0) is 22.4 Å². The number of benzene rings is 1. The second-order valence-electron chi connectivity index (χ2n) is 6.97. The molecule has 0 saturated carbocycles. The maximum absolute atomic E-state index is 11.9. The molecule has 0 spiro atoms. The lowest BCUT2D eigenvalue weighted by atomic mass is 9.89. The molecule has 2 amide bonds. The van der Waals surface area contributed by atoms with E-state index in [1.807, 2.05) is 32.0 Å². The number of hydrogen-bond donors (Lipinski definition) is 3. The highest BCUT2D eigenvalue weighted by atomic mass is 16.3. The van der Waals surface area contributed by atoms with Gasteiger partial charge in [-0.15, -0.1) is 0 Å². The monoisotopic (exact) mass is 318 g/mol. The normalized spacial score (nSPS) is 13.5. The first-order valence-corrected chi connectivity index (χ1v) is 8.23. The third-order valence-electron chi connectivity index (χ3n) is 4.31. The number of rotatable bonds is 6. The van der Waals surface area contributed by atoms with Crippen molar-refractivity contribution in [1.29, 1.82) is 0 Å². The molecule has 0 unspecified atom stereocenters. The predicted molar refractivity (Wildman–Crippen MR) is 90.2 cm³/mol. The average Bonchev–Trinajstić information content (AvgIpc) is 2.99. The molecule has 0 bridgehead atoms. The van der Waals surface area contributed by atoms with Crippen molar-refractivity contribution in [2.24, 2.45) is 5.41 Å². The summed E-state index contributed by atoms with van der Waals surface area (Å²) < 4.78 is 0. The highest BCUT2D eigenvalue weighted by Gasteiger charge is 2.18. The molecule has 0 heterocycles. The number of fused-ring (bicyclic) bond motifs is 1. The third-order valence-corrected chi connectivity index (χ3v) is 4.31. The average molecular weight is 318 g/mol. The quantitative estimate of drug-likeness (QED) is 0.555. The number of aliphatic hydroxyl groups excluding tert-OH is 1. The molecule has 0 radical (unpaired) electrons. The number of anilines is 1. The summed E-state index contributed by atoms with van der Waals surface area (Å²) in [5.41, 5.74) is 3.11. The minimum absolute atomic E-state index is 0.111. The van der Waals surface area contributed by atoms with Crippen LogP contribution in [-0.4, -0.2) is 30.1 Å². The highest BCUT2D eigenvalue weighted by Crippen LogP contribution is 2.24. The Kier molecular flexibility index (Phi) is 5.77. The summed E-state index contributed by atoms with van der Waals surface area (Å²) in [5, 5.41) is 14.4. The number of nitrogens with one attached hydrogen (secondary N) is 2. The van der Waals surface area contributed by atoms with E-state index in [0.717, 1.165) is 32.1 Å². The van der Waals surface area contributed by atoms with Crippen LogP contribution in [0.2, 0.25) is 0 Å². The van der Waals surface area contributed by atoms with Crippen LogP contribution < -0.4 is 10.6 Å². The summed E-state index contributed by atoms with van der Waals surface area (Å²) >= 11 is 0. The summed E-state index contributed by atoms with van der Waals surface area (Å²) in [6.45, 7) is 4.48. The number of amides is 2.